The molecule has 0 amide bonds. The zero-order chi connectivity index (χ0) is 26.6. The number of ether oxygens (including phenoxy) is 3. The molecule has 4 rings (SSSR count). The predicted octanol–water partition coefficient (Wildman–Crippen LogP) is 6.31. The van der Waals surface area contributed by atoms with Crippen LogP contribution in [0.25, 0.3) is 10.2 Å². The van der Waals surface area contributed by atoms with Gasteiger partial charge < -0.3 is 19.9 Å². The number of nitrogens with zero attached hydrogens (tertiary/aromatic N) is 1. The minimum Gasteiger partial charge on any atom is -0.493 e. The zero-order valence-electron chi connectivity index (χ0n) is 21.1. The number of fused-ring (bicyclic) bond motifs is 2. The number of hydrogen-bond donors (Lipinski definition) is 1. The highest BCUT2D eigenvalue weighted by Gasteiger charge is 2.42. The number of methoxy groups -OCH3 is 3. The summed E-state index contributed by atoms with van der Waals surface area (Å²) < 4.78 is 59.5. The van der Waals surface area contributed by atoms with Crippen LogP contribution in [0.4, 0.5) is 18.9 Å². The van der Waals surface area contributed by atoms with E-state index in [1.54, 1.807) is 0 Å². The number of rotatable bonds is 5. The number of anilines is 1. The maximum absolute atomic E-state index is 14.5. The number of benzene rings is 1. The van der Waals surface area contributed by atoms with Crippen molar-refractivity contribution in [3.63, 3.8) is 0 Å². The van der Waals surface area contributed by atoms with Crippen LogP contribution in [-0.2, 0) is 19.0 Å². The van der Waals surface area contributed by atoms with Crippen molar-refractivity contribution in [3.05, 3.63) is 39.4 Å². The molecule has 0 fully saturated rings. The van der Waals surface area contributed by atoms with Crippen molar-refractivity contribution in [1.82, 2.24) is 4.98 Å². The van der Waals surface area contributed by atoms with Crippen LogP contribution in [0, 0.1) is 11.3 Å². The van der Waals surface area contributed by atoms with Crippen LogP contribution in [-0.4, -0.2) is 32.1 Å². The summed E-state index contributed by atoms with van der Waals surface area (Å²) in [5, 5.41) is -0.198. The Balaban J connectivity index is 1.92. The van der Waals surface area contributed by atoms with Crippen LogP contribution in [0.15, 0.2) is 12.1 Å². The van der Waals surface area contributed by atoms with Crippen molar-refractivity contribution >= 4 is 33.0 Å². The molecular formula is C26H29F3N2O4S. The van der Waals surface area contributed by atoms with Gasteiger partial charge in [-0.3, -0.25) is 4.79 Å². The van der Waals surface area contributed by atoms with Gasteiger partial charge in [0.25, 0.3) is 0 Å². The highest BCUT2D eigenvalue weighted by Crippen LogP contribution is 2.49. The minimum absolute atomic E-state index is 0.00742. The first-order valence-electron chi connectivity index (χ1n) is 11.5. The third-order valence-corrected chi connectivity index (χ3v) is 7.98. The quantitative estimate of drug-likeness (QED) is 0.396. The largest absolute Gasteiger partial charge is 0.493 e. The average Bonchev–Trinajstić information content (AvgIpc) is 3.14. The van der Waals surface area contributed by atoms with Crippen LogP contribution in [0.5, 0.6) is 17.2 Å². The van der Waals surface area contributed by atoms with Gasteiger partial charge >= 0.3 is 6.18 Å². The fourth-order valence-corrected chi connectivity index (χ4v) is 5.97. The molecular weight excluding hydrogens is 493 g/mol. The average molecular weight is 523 g/mol. The smallest absolute Gasteiger partial charge is 0.417 e. The number of hydrogen-bond acceptors (Lipinski definition) is 7. The molecule has 1 unspecified atom stereocenters. The Morgan fingerprint density at radius 2 is 1.69 bits per heavy atom. The number of pyridine rings is 1. The van der Waals surface area contributed by atoms with E-state index in [0.29, 0.717) is 17.9 Å². The van der Waals surface area contributed by atoms with E-state index >= 15 is 0 Å². The van der Waals surface area contributed by atoms with E-state index in [0.717, 1.165) is 17.8 Å². The number of ketones is 1. The van der Waals surface area contributed by atoms with E-state index in [1.807, 2.05) is 20.8 Å². The molecule has 194 valence electrons. The Morgan fingerprint density at radius 1 is 1.08 bits per heavy atom. The summed E-state index contributed by atoms with van der Waals surface area (Å²) in [5.41, 5.74) is 5.93. The Morgan fingerprint density at radius 3 is 2.19 bits per heavy atom. The Bertz CT molecular complexity index is 1320. The Labute approximate surface area is 211 Å². The lowest BCUT2D eigenvalue weighted by molar-refractivity contribution is -0.137. The summed E-state index contributed by atoms with van der Waals surface area (Å²) in [7, 11) is 4.25. The second kappa shape index (κ2) is 9.14. The second-order valence-corrected chi connectivity index (χ2v) is 11.0. The van der Waals surface area contributed by atoms with E-state index in [2.05, 4.69) is 4.98 Å². The normalized spacial score (nSPS) is 16.1. The molecule has 0 radical (unpaired) electrons. The molecule has 0 spiro atoms. The van der Waals surface area contributed by atoms with E-state index < -0.39 is 17.5 Å². The highest BCUT2D eigenvalue weighted by atomic mass is 32.1. The molecule has 36 heavy (non-hydrogen) atoms. The Hall–Kier alpha value is -3.01. The van der Waals surface area contributed by atoms with Gasteiger partial charge in [-0.15, -0.1) is 11.3 Å². The maximum Gasteiger partial charge on any atom is 0.417 e. The first-order chi connectivity index (χ1) is 16.8. The number of carbonyl (C=O) groups excluding carboxylic acids is 1. The van der Waals surface area contributed by atoms with Gasteiger partial charge in [-0.05, 0) is 48.3 Å². The van der Waals surface area contributed by atoms with E-state index in [9.17, 15) is 18.0 Å². The fraction of sp³-hybridized carbons (Fsp3) is 0.462. The first kappa shape index (κ1) is 26.1. The SMILES string of the molecule is COc1cc(C(=O)c2sc3nc4c(c(C(F)(F)F)c3c2N)CC(C(C)(C)C)CC4)cc(OC)c1OC. The summed E-state index contributed by atoms with van der Waals surface area (Å²) in [6, 6.07) is 2.90. The van der Waals surface area contributed by atoms with E-state index in [1.165, 1.54) is 33.5 Å². The molecule has 1 aliphatic rings. The van der Waals surface area contributed by atoms with Crippen molar-refractivity contribution < 1.29 is 32.2 Å². The molecule has 0 bridgehead atoms. The maximum atomic E-state index is 14.5. The lowest BCUT2D eigenvalue weighted by atomic mass is 9.70. The van der Waals surface area contributed by atoms with Gasteiger partial charge in [-0.1, -0.05) is 20.8 Å². The molecule has 0 saturated heterocycles. The van der Waals surface area contributed by atoms with Gasteiger partial charge in [0, 0.05) is 16.6 Å². The molecule has 10 heteroatoms. The molecule has 6 nitrogen and oxygen atoms in total. The number of carbonyl (C=O) groups is 1. The third-order valence-electron chi connectivity index (χ3n) is 6.88. The van der Waals surface area contributed by atoms with Crippen LogP contribution < -0.4 is 19.9 Å². The van der Waals surface area contributed by atoms with Gasteiger partial charge in [-0.25, -0.2) is 4.98 Å². The first-order valence-corrected chi connectivity index (χ1v) is 12.3. The molecule has 2 heterocycles. The van der Waals surface area contributed by atoms with Crippen LogP contribution >= 0.6 is 11.3 Å². The summed E-state index contributed by atoms with van der Waals surface area (Å²) in [5.74, 6) is 0.317. The third kappa shape index (κ3) is 4.36. The van der Waals surface area contributed by atoms with E-state index in [4.69, 9.17) is 19.9 Å². The van der Waals surface area contributed by atoms with Crippen LogP contribution in [0.1, 0.15) is 59.2 Å². The van der Waals surface area contributed by atoms with Crippen molar-refractivity contribution in [3.8, 4) is 17.2 Å². The monoisotopic (exact) mass is 522 g/mol. The van der Waals surface area contributed by atoms with Gasteiger partial charge in [-0.2, -0.15) is 13.2 Å². The summed E-state index contributed by atoms with van der Waals surface area (Å²) in [6.45, 7) is 6.11. The zero-order valence-corrected chi connectivity index (χ0v) is 21.9. The van der Waals surface area contributed by atoms with Crippen LogP contribution in [0.2, 0.25) is 0 Å². The predicted molar refractivity (Wildman–Crippen MR) is 134 cm³/mol. The summed E-state index contributed by atoms with van der Waals surface area (Å²) in [4.78, 5) is 18.2. The molecule has 2 aromatic heterocycles. The lowest BCUT2D eigenvalue weighted by Crippen LogP contribution is -2.29. The number of alkyl halides is 3. The van der Waals surface area contributed by atoms with Crippen LogP contribution in [0.3, 0.4) is 0 Å². The van der Waals surface area contributed by atoms with Gasteiger partial charge in [0.05, 0.1) is 32.6 Å². The topological polar surface area (TPSA) is 83.7 Å². The highest BCUT2D eigenvalue weighted by molar-refractivity contribution is 7.21. The minimum atomic E-state index is -4.65. The fourth-order valence-electron chi connectivity index (χ4n) is 4.89. The number of halogens is 3. The summed E-state index contributed by atoms with van der Waals surface area (Å²) >= 11 is 0.875. The molecule has 3 aromatic rings. The van der Waals surface area contributed by atoms with Gasteiger partial charge in [0.1, 0.15) is 9.71 Å². The number of nitrogens with two attached hydrogens (primary N) is 1. The molecule has 1 atom stereocenters. The van der Waals surface area contributed by atoms with Gasteiger partial charge in [0.15, 0.2) is 11.5 Å². The van der Waals surface area contributed by atoms with Crippen molar-refractivity contribution in [2.45, 2.75) is 46.2 Å². The van der Waals surface area contributed by atoms with E-state index in [-0.39, 0.29) is 61.2 Å². The molecule has 1 aromatic carbocycles. The molecule has 2 N–H and O–H groups in total. The van der Waals surface area contributed by atoms with Gasteiger partial charge in [0.2, 0.25) is 11.5 Å². The number of aromatic nitrogens is 1. The van der Waals surface area contributed by atoms with Crippen molar-refractivity contribution in [2.24, 2.45) is 11.3 Å². The van der Waals surface area contributed by atoms with Crippen molar-refractivity contribution in [2.75, 3.05) is 27.1 Å². The number of thiophene rings is 1. The number of nitrogen functional groups attached to an aromatic ring is 1. The summed E-state index contributed by atoms with van der Waals surface area (Å²) in [6.07, 6.45) is -3.18. The Kier molecular flexibility index (Phi) is 6.61. The molecule has 1 aliphatic carbocycles. The molecule has 0 saturated carbocycles. The molecule has 0 aliphatic heterocycles. The van der Waals surface area contributed by atoms with Crippen molar-refractivity contribution in [1.29, 1.82) is 0 Å². The second-order valence-electron chi connectivity index (χ2n) is 9.98. The number of aryl methyl sites for hydroxylation is 1. The standard InChI is InChI=1S/C26H29F3N2O4S/c1-25(2,3)13-7-8-15-14(11-13)19(26(27,28)29)18-20(30)23(36-24(18)31-15)21(32)12-9-16(33-4)22(35-6)17(10-12)34-5/h9-10,13H,7-8,11,30H2,1-6H3. The lowest BCUT2D eigenvalue weighted by Gasteiger charge is -2.35.